The molecule has 0 aromatic heterocycles. The van der Waals surface area contributed by atoms with Crippen molar-refractivity contribution in [1.82, 2.24) is 0 Å². The van der Waals surface area contributed by atoms with Crippen LogP contribution in [0.2, 0.25) is 5.02 Å². The zero-order valence-electron chi connectivity index (χ0n) is 8.81. The summed E-state index contributed by atoms with van der Waals surface area (Å²) >= 11 is 6.22. The van der Waals surface area contributed by atoms with Gasteiger partial charge in [-0.15, -0.1) is 0 Å². The Hall–Kier alpha value is -1.02. The Bertz CT molecular complexity index is 409. The fourth-order valence-electron chi connectivity index (χ4n) is 2.22. The van der Waals surface area contributed by atoms with E-state index in [2.05, 4.69) is 0 Å². The molecular weight excluding hydrogens is 208 g/mol. The summed E-state index contributed by atoms with van der Waals surface area (Å²) in [5, 5.41) is 8.12. The van der Waals surface area contributed by atoms with Crippen LogP contribution in [0.25, 0.3) is 0 Å². The topological polar surface area (TPSA) is 49.9 Å². The van der Waals surface area contributed by atoms with E-state index in [4.69, 9.17) is 22.7 Å². The number of nitrogens with one attached hydrogen (secondary N) is 1. The highest BCUT2D eigenvalue weighted by Gasteiger charge is 2.25. The molecule has 1 fully saturated rings. The lowest BCUT2D eigenvalue weighted by Crippen LogP contribution is -2.13. The van der Waals surface area contributed by atoms with Crippen molar-refractivity contribution in [1.29, 1.82) is 5.41 Å². The third kappa shape index (κ3) is 1.63. The molecule has 0 spiro atoms. The maximum Gasteiger partial charge on any atom is 0.0464 e. The van der Waals surface area contributed by atoms with E-state index in [0.717, 1.165) is 16.1 Å². The first-order valence-electron chi connectivity index (χ1n) is 5.24. The van der Waals surface area contributed by atoms with E-state index >= 15 is 0 Å². The molecule has 15 heavy (non-hydrogen) atoms. The van der Waals surface area contributed by atoms with E-state index in [9.17, 15) is 0 Å². The number of rotatable bonds is 2. The second kappa shape index (κ2) is 3.86. The average molecular weight is 223 g/mol. The van der Waals surface area contributed by atoms with Gasteiger partial charge in [-0.25, -0.2) is 0 Å². The third-order valence-electron chi connectivity index (χ3n) is 3.32. The predicted octanol–water partition coefficient (Wildman–Crippen LogP) is 3.50. The molecule has 80 valence electrons. The van der Waals surface area contributed by atoms with Crippen molar-refractivity contribution in [2.24, 2.45) is 0 Å². The van der Waals surface area contributed by atoms with Crippen LogP contribution in [0.3, 0.4) is 0 Å². The number of anilines is 1. The zero-order chi connectivity index (χ0) is 11.0. The minimum Gasteiger partial charge on any atom is -0.398 e. The van der Waals surface area contributed by atoms with E-state index in [0.29, 0.717) is 11.6 Å². The summed E-state index contributed by atoms with van der Waals surface area (Å²) in [4.78, 5) is 0. The molecule has 0 atom stereocenters. The number of nitrogen functional groups attached to an aromatic ring is 1. The van der Waals surface area contributed by atoms with Crippen LogP contribution in [-0.4, -0.2) is 6.21 Å². The van der Waals surface area contributed by atoms with Gasteiger partial charge < -0.3 is 11.1 Å². The largest absolute Gasteiger partial charge is 0.398 e. The molecule has 0 bridgehead atoms. The lowest BCUT2D eigenvalue weighted by Gasteiger charge is -2.29. The minimum absolute atomic E-state index is 0.580. The monoisotopic (exact) mass is 222 g/mol. The van der Waals surface area contributed by atoms with Gasteiger partial charge in [0.15, 0.2) is 0 Å². The van der Waals surface area contributed by atoms with Crippen LogP contribution >= 0.6 is 11.6 Å². The number of halogens is 1. The molecule has 1 aromatic rings. The molecule has 1 saturated carbocycles. The molecule has 1 aromatic carbocycles. The Morgan fingerprint density at radius 2 is 2.20 bits per heavy atom. The molecular formula is C12H15ClN2. The van der Waals surface area contributed by atoms with Gasteiger partial charge in [-0.3, -0.25) is 0 Å². The summed E-state index contributed by atoms with van der Waals surface area (Å²) in [5.74, 6) is 0.580. The second-order valence-electron chi connectivity index (χ2n) is 4.17. The van der Waals surface area contributed by atoms with E-state index in [1.165, 1.54) is 31.0 Å². The first kappa shape index (κ1) is 10.5. The highest BCUT2D eigenvalue weighted by molar-refractivity contribution is 6.32. The molecule has 3 heteroatoms. The van der Waals surface area contributed by atoms with Gasteiger partial charge in [0.1, 0.15) is 0 Å². The van der Waals surface area contributed by atoms with Crippen molar-refractivity contribution < 1.29 is 0 Å². The fraction of sp³-hybridized carbons (Fsp3) is 0.417. The number of nitrogens with two attached hydrogens (primary N) is 1. The molecule has 1 aliphatic rings. The first-order chi connectivity index (χ1) is 7.15. The quantitative estimate of drug-likeness (QED) is 0.584. The molecule has 2 nitrogen and oxygen atoms in total. The van der Waals surface area contributed by atoms with Gasteiger partial charge in [0, 0.05) is 22.5 Å². The standard InChI is InChI=1S/C12H15ClN2/c1-7-9(6-14)11(15)5-10(13)12(7)8-3-2-4-8/h5-6,8,14H,2-4,15H2,1H3. The van der Waals surface area contributed by atoms with Crippen molar-refractivity contribution in [2.45, 2.75) is 32.1 Å². The number of hydrogen-bond donors (Lipinski definition) is 2. The van der Waals surface area contributed by atoms with Crippen LogP contribution in [0.15, 0.2) is 6.07 Å². The Kier molecular flexibility index (Phi) is 2.70. The van der Waals surface area contributed by atoms with E-state index in [-0.39, 0.29) is 0 Å². The van der Waals surface area contributed by atoms with Crippen molar-refractivity contribution in [2.75, 3.05) is 5.73 Å². The second-order valence-corrected chi connectivity index (χ2v) is 4.58. The molecule has 0 unspecified atom stereocenters. The highest BCUT2D eigenvalue weighted by Crippen LogP contribution is 2.43. The lowest BCUT2D eigenvalue weighted by molar-refractivity contribution is 0.418. The average Bonchev–Trinajstić information content (AvgIpc) is 2.09. The Labute approximate surface area is 94.9 Å². The summed E-state index contributed by atoms with van der Waals surface area (Å²) < 4.78 is 0. The molecule has 0 radical (unpaired) electrons. The summed E-state index contributed by atoms with van der Waals surface area (Å²) in [6, 6.07) is 1.78. The third-order valence-corrected chi connectivity index (χ3v) is 3.63. The van der Waals surface area contributed by atoms with Crippen molar-refractivity contribution in [3.8, 4) is 0 Å². The Morgan fingerprint density at radius 1 is 1.53 bits per heavy atom. The molecule has 2 rings (SSSR count). The number of benzene rings is 1. The van der Waals surface area contributed by atoms with Crippen LogP contribution in [0.1, 0.15) is 41.9 Å². The van der Waals surface area contributed by atoms with Crippen LogP contribution in [0.4, 0.5) is 5.69 Å². The molecule has 0 amide bonds. The van der Waals surface area contributed by atoms with Crippen molar-refractivity contribution >= 4 is 23.5 Å². The lowest BCUT2D eigenvalue weighted by atomic mass is 9.77. The van der Waals surface area contributed by atoms with Crippen LogP contribution in [-0.2, 0) is 0 Å². The summed E-state index contributed by atoms with van der Waals surface area (Å²) in [6.07, 6.45) is 5.03. The molecule has 0 aliphatic heterocycles. The van der Waals surface area contributed by atoms with E-state index < -0.39 is 0 Å². The summed E-state index contributed by atoms with van der Waals surface area (Å²) in [5.41, 5.74) is 9.54. The predicted molar refractivity (Wildman–Crippen MR) is 65.1 cm³/mol. The fourth-order valence-corrected chi connectivity index (χ4v) is 2.64. The van der Waals surface area contributed by atoms with Gasteiger partial charge in [0.2, 0.25) is 0 Å². The van der Waals surface area contributed by atoms with Crippen LogP contribution < -0.4 is 5.73 Å². The molecule has 1 aliphatic carbocycles. The van der Waals surface area contributed by atoms with Gasteiger partial charge in [0.25, 0.3) is 0 Å². The van der Waals surface area contributed by atoms with E-state index in [1.54, 1.807) is 6.07 Å². The first-order valence-corrected chi connectivity index (χ1v) is 5.62. The Morgan fingerprint density at radius 3 is 2.67 bits per heavy atom. The van der Waals surface area contributed by atoms with Gasteiger partial charge in [-0.05, 0) is 42.9 Å². The smallest absolute Gasteiger partial charge is 0.0464 e. The van der Waals surface area contributed by atoms with Gasteiger partial charge in [-0.1, -0.05) is 18.0 Å². The molecule has 3 N–H and O–H groups in total. The van der Waals surface area contributed by atoms with E-state index in [1.807, 2.05) is 6.92 Å². The van der Waals surface area contributed by atoms with Gasteiger partial charge >= 0.3 is 0 Å². The maximum atomic E-state index is 7.36. The molecule has 0 heterocycles. The molecule has 0 saturated heterocycles. The SMILES string of the molecule is Cc1c(C=N)c(N)cc(Cl)c1C1CCC1. The summed E-state index contributed by atoms with van der Waals surface area (Å²) in [6.45, 7) is 2.01. The number of hydrogen-bond acceptors (Lipinski definition) is 2. The highest BCUT2D eigenvalue weighted by atomic mass is 35.5. The van der Waals surface area contributed by atoms with Crippen molar-refractivity contribution in [3.63, 3.8) is 0 Å². The zero-order valence-corrected chi connectivity index (χ0v) is 9.56. The van der Waals surface area contributed by atoms with Gasteiger partial charge in [0.05, 0.1) is 0 Å². The Balaban J connectivity index is 2.57. The van der Waals surface area contributed by atoms with Gasteiger partial charge in [-0.2, -0.15) is 0 Å². The summed E-state index contributed by atoms with van der Waals surface area (Å²) in [7, 11) is 0. The van der Waals surface area contributed by atoms with Crippen molar-refractivity contribution in [3.05, 3.63) is 27.8 Å². The maximum absolute atomic E-state index is 7.36. The normalized spacial score (nSPS) is 16.1. The van der Waals surface area contributed by atoms with Crippen LogP contribution in [0, 0.1) is 12.3 Å². The van der Waals surface area contributed by atoms with Crippen LogP contribution in [0.5, 0.6) is 0 Å². The minimum atomic E-state index is 0.580.